The number of hydrogen-bond acceptors (Lipinski definition) is 5. The van der Waals surface area contributed by atoms with Gasteiger partial charge in [-0.1, -0.05) is 0 Å². The molecule has 1 saturated heterocycles. The van der Waals surface area contributed by atoms with E-state index in [1.54, 1.807) is 4.57 Å². The minimum absolute atomic E-state index is 0.0586. The van der Waals surface area contributed by atoms with Gasteiger partial charge in [-0.05, 0) is 58.3 Å². The Bertz CT molecular complexity index is 1050. The van der Waals surface area contributed by atoms with Crippen molar-refractivity contribution in [2.24, 2.45) is 5.92 Å². The Kier molecular flexibility index (Phi) is 5.44. The molecule has 1 aromatic heterocycles. The van der Waals surface area contributed by atoms with E-state index >= 15 is 4.39 Å². The Morgan fingerprint density at radius 3 is 2.67 bits per heavy atom. The number of carboxylic acids is 1. The Hall–Kier alpha value is -2.61. The van der Waals surface area contributed by atoms with E-state index in [1.807, 2.05) is 19.0 Å². The number of nitrogens with zero attached hydrogens (tertiary/aromatic N) is 3. The monoisotopic (exact) mass is 417 g/mol. The van der Waals surface area contributed by atoms with Crippen LogP contribution in [0.3, 0.4) is 0 Å². The number of carboxylic acid groups (broad SMARTS) is 1. The molecule has 2 heterocycles. The van der Waals surface area contributed by atoms with Crippen molar-refractivity contribution in [2.45, 2.75) is 31.7 Å². The minimum atomic E-state index is -1.30. The van der Waals surface area contributed by atoms with E-state index in [9.17, 15) is 14.7 Å². The number of ether oxygens (including phenoxy) is 1. The number of carbonyl (C=O) groups is 1. The van der Waals surface area contributed by atoms with Crippen LogP contribution in [-0.2, 0) is 0 Å². The molecular weight excluding hydrogens is 389 g/mol. The average Bonchev–Trinajstić information content (AvgIpc) is 3.43. The van der Waals surface area contributed by atoms with Crippen LogP contribution < -0.4 is 15.1 Å². The zero-order chi connectivity index (χ0) is 21.6. The van der Waals surface area contributed by atoms with Crippen molar-refractivity contribution in [1.82, 2.24) is 9.47 Å². The van der Waals surface area contributed by atoms with E-state index in [0.717, 1.165) is 45.3 Å². The summed E-state index contributed by atoms with van der Waals surface area (Å²) in [5, 5.41) is 9.50. The summed E-state index contributed by atoms with van der Waals surface area (Å²) in [6, 6.07) is 1.29. The van der Waals surface area contributed by atoms with Crippen molar-refractivity contribution in [3.05, 3.63) is 33.9 Å². The third kappa shape index (κ3) is 3.64. The van der Waals surface area contributed by atoms with Gasteiger partial charge in [0.2, 0.25) is 5.43 Å². The van der Waals surface area contributed by atoms with Gasteiger partial charge in [-0.15, -0.1) is 0 Å². The SMILES string of the molecule is COc1c(N2CC[C@@H](CCN(C)C)C2)c(F)cc2c(=O)c(C(=O)O)cn(C3CC3)c12. The van der Waals surface area contributed by atoms with E-state index < -0.39 is 17.2 Å². The fourth-order valence-electron chi connectivity index (χ4n) is 4.44. The van der Waals surface area contributed by atoms with Crippen LogP contribution in [0.25, 0.3) is 10.9 Å². The van der Waals surface area contributed by atoms with Crippen LogP contribution in [0, 0.1) is 11.7 Å². The van der Waals surface area contributed by atoms with Crippen molar-refractivity contribution in [3.63, 3.8) is 0 Å². The molecule has 0 unspecified atom stereocenters. The molecular formula is C22H28FN3O4. The summed E-state index contributed by atoms with van der Waals surface area (Å²) in [7, 11) is 5.56. The summed E-state index contributed by atoms with van der Waals surface area (Å²) in [4.78, 5) is 28.5. The van der Waals surface area contributed by atoms with Crippen LogP contribution in [-0.4, -0.2) is 61.4 Å². The number of fused-ring (bicyclic) bond motifs is 1. The molecule has 2 aliphatic rings. The first-order valence-electron chi connectivity index (χ1n) is 10.4. The standard InChI is InChI=1S/C22H28FN3O4/c1-24(2)8-6-13-7-9-25(11-13)19-17(23)10-15-18(21(19)30-3)26(14-4-5-14)12-16(20(15)27)22(28)29/h10,12-14H,4-9,11H2,1-3H3,(H,28,29)/t13-/m1/s1. The van der Waals surface area contributed by atoms with Gasteiger partial charge in [0.1, 0.15) is 11.3 Å². The number of anilines is 1. The molecule has 30 heavy (non-hydrogen) atoms. The molecule has 0 bridgehead atoms. The van der Waals surface area contributed by atoms with Gasteiger partial charge < -0.3 is 24.2 Å². The molecule has 2 fully saturated rings. The number of methoxy groups -OCH3 is 1. The average molecular weight is 417 g/mol. The van der Waals surface area contributed by atoms with E-state index in [-0.39, 0.29) is 17.0 Å². The Balaban J connectivity index is 1.83. The lowest BCUT2D eigenvalue weighted by Crippen LogP contribution is -2.25. The van der Waals surface area contributed by atoms with Gasteiger partial charge in [-0.3, -0.25) is 4.79 Å². The second kappa shape index (κ2) is 7.91. The summed E-state index contributed by atoms with van der Waals surface area (Å²) < 4.78 is 22.8. The van der Waals surface area contributed by atoms with Gasteiger partial charge in [0.25, 0.3) is 0 Å². The van der Waals surface area contributed by atoms with Gasteiger partial charge in [-0.25, -0.2) is 9.18 Å². The lowest BCUT2D eigenvalue weighted by Gasteiger charge is -2.25. The van der Waals surface area contributed by atoms with E-state index in [4.69, 9.17) is 4.74 Å². The molecule has 1 aliphatic heterocycles. The van der Waals surface area contributed by atoms with Crippen LogP contribution in [0.1, 0.15) is 42.1 Å². The van der Waals surface area contributed by atoms with Gasteiger partial charge in [0.05, 0.1) is 18.0 Å². The summed E-state index contributed by atoms with van der Waals surface area (Å²) in [6.45, 7) is 2.43. The lowest BCUT2D eigenvalue weighted by molar-refractivity contribution is 0.0695. The molecule has 1 aliphatic carbocycles. The van der Waals surface area contributed by atoms with E-state index in [1.165, 1.54) is 19.4 Å². The van der Waals surface area contributed by atoms with E-state index in [2.05, 4.69) is 4.90 Å². The highest BCUT2D eigenvalue weighted by molar-refractivity contribution is 5.97. The topological polar surface area (TPSA) is 75.0 Å². The van der Waals surface area contributed by atoms with Gasteiger partial charge >= 0.3 is 5.97 Å². The number of pyridine rings is 1. The number of benzene rings is 1. The third-order valence-corrected chi connectivity index (χ3v) is 6.16. The number of aromatic nitrogens is 1. The molecule has 0 amide bonds. The van der Waals surface area contributed by atoms with Gasteiger partial charge in [0, 0.05) is 25.3 Å². The lowest BCUT2D eigenvalue weighted by atomic mass is 10.0. The molecule has 0 radical (unpaired) electrons. The summed E-state index contributed by atoms with van der Waals surface area (Å²) in [6.07, 6.45) is 5.18. The Morgan fingerprint density at radius 1 is 1.33 bits per heavy atom. The molecule has 0 spiro atoms. The maximum Gasteiger partial charge on any atom is 0.341 e. The molecule has 1 N–H and O–H groups in total. The quantitative estimate of drug-likeness (QED) is 0.747. The highest BCUT2D eigenvalue weighted by Crippen LogP contribution is 2.44. The number of rotatable bonds is 7. The number of hydrogen-bond donors (Lipinski definition) is 1. The Morgan fingerprint density at radius 2 is 2.07 bits per heavy atom. The molecule has 7 nitrogen and oxygen atoms in total. The number of aromatic carboxylic acids is 1. The van der Waals surface area contributed by atoms with Crippen molar-refractivity contribution < 1.29 is 19.0 Å². The third-order valence-electron chi connectivity index (χ3n) is 6.16. The summed E-state index contributed by atoms with van der Waals surface area (Å²) in [5.74, 6) is -1.07. The highest BCUT2D eigenvalue weighted by Gasteiger charge is 2.33. The first-order valence-corrected chi connectivity index (χ1v) is 10.4. The molecule has 162 valence electrons. The summed E-state index contributed by atoms with van der Waals surface area (Å²) in [5.41, 5.74) is -0.158. The summed E-state index contributed by atoms with van der Waals surface area (Å²) >= 11 is 0. The zero-order valence-electron chi connectivity index (χ0n) is 17.7. The zero-order valence-corrected chi connectivity index (χ0v) is 17.7. The minimum Gasteiger partial charge on any atom is -0.492 e. The smallest absolute Gasteiger partial charge is 0.341 e. The second-order valence-electron chi connectivity index (χ2n) is 8.64. The molecule has 1 saturated carbocycles. The molecule has 1 aromatic carbocycles. The molecule has 1 atom stereocenters. The van der Waals surface area contributed by atoms with Crippen LogP contribution in [0.2, 0.25) is 0 Å². The van der Waals surface area contributed by atoms with Crippen molar-refractivity contribution in [3.8, 4) is 5.75 Å². The second-order valence-corrected chi connectivity index (χ2v) is 8.64. The fraction of sp³-hybridized carbons (Fsp3) is 0.545. The maximum absolute atomic E-state index is 15.3. The predicted molar refractivity (Wildman–Crippen MR) is 113 cm³/mol. The van der Waals surface area contributed by atoms with Crippen molar-refractivity contribution in [2.75, 3.05) is 45.7 Å². The van der Waals surface area contributed by atoms with Crippen molar-refractivity contribution >= 4 is 22.6 Å². The first kappa shape index (κ1) is 20.7. The maximum atomic E-state index is 15.3. The van der Waals surface area contributed by atoms with Crippen molar-refractivity contribution in [1.29, 1.82) is 0 Å². The van der Waals surface area contributed by atoms with Crippen LogP contribution >= 0.6 is 0 Å². The van der Waals surface area contributed by atoms with Crippen LogP contribution in [0.15, 0.2) is 17.1 Å². The number of halogens is 1. The van der Waals surface area contributed by atoms with Gasteiger partial charge in [0.15, 0.2) is 11.6 Å². The van der Waals surface area contributed by atoms with Gasteiger partial charge in [-0.2, -0.15) is 0 Å². The molecule has 2 aromatic rings. The van der Waals surface area contributed by atoms with Crippen LogP contribution in [0.5, 0.6) is 5.75 Å². The Labute approximate surface area is 174 Å². The van der Waals surface area contributed by atoms with E-state index in [0.29, 0.717) is 22.9 Å². The largest absolute Gasteiger partial charge is 0.492 e. The van der Waals surface area contributed by atoms with Crippen LogP contribution in [0.4, 0.5) is 10.1 Å². The molecule has 4 rings (SSSR count). The molecule has 8 heteroatoms. The highest BCUT2D eigenvalue weighted by atomic mass is 19.1. The fourth-order valence-corrected chi connectivity index (χ4v) is 4.44. The first-order chi connectivity index (χ1) is 14.3. The normalized spacial score (nSPS) is 19.1. The predicted octanol–water partition coefficient (Wildman–Crippen LogP) is 2.96.